The molecule has 0 radical (unpaired) electrons. The largest absolute Gasteiger partial charge is 0.376 e. The third kappa shape index (κ3) is 2.46. The van der Waals surface area contributed by atoms with Gasteiger partial charge in [0.05, 0.1) is 6.10 Å². The van der Waals surface area contributed by atoms with Crippen LogP contribution in [0.1, 0.15) is 19.3 Å². The maximum absolute atomic E-state index is 5.72. The molecule has 18 heavy (non-hydrogen) atoms. The first-order valence-electron chi connectivity index (χ1n) is 6.63. The molecule has 1 aromatic carbocycles. The summed E-state index contributed by atoms with van der Waals surface area (Å²) in [4.78, 5) is 4.42. The van der Waals surface area contributed by atoms with E-state index in [1.54, 1.807) is 0 Å². The van der Waals surface area contributed by atoms with Gasteiger partial charge in [0.1, 0.15) is 5.82 Å². The maximum atomic E-state index is 5.72. The summed E-state index contributed by atoms with van der Waals surface area (Å²) in [6, 6.07) is 10.4. The number of pyridine rings is 1. The predicted molar refractivity (Wildman–Crippen MR) is 73.8 cm³/mol. The number of nitrogens with one attached hydrogen (secondary N) is 1. The van der Waals surface area contributed by atoms with Crippen molar-refractivity contribution in [1.82, 2.24) is 4.98 Å². The van der Waals surface area contributed by atoms with Crippen LogP contribution >= 0.6 is 0 Å². The first-order valence-corrected chi connectivity index (χ1v) is 6.63. The highest BCUT2D eigenvalue weighted by molar-refractivity contribution is 5.91. The zero-order chi connectivity index (χ0) is 12.2. The Hall–Kier alpha value is -1.61. The van der Waals surface area contributed by atoms with Gasteiger partial charge in [-0.15, -0.1) is 0 Å². The molecule has 1 fully saturated rings. The highest BCUT2D eigenvalue weighted by Gasteiger charge is 2.13. The average molecular weight is 242 g/mol. The fraction of sp³-hybridized carbons (Fsp3) is 0.400. The Kier molecular flexibility index (Phi) is 3.42. The second-order valence-electron chi connectivity index (χ2n) is 4.75. The normalized spacial score (nSPS) is 19.9. The quantitative estimate of drug-likeness (QED) is 0.897. The molecule has 1 aromatic heterocycles. The molecule has 1 aliphatic heterocycles. The lowest BCUT2D eigenvalue weighted by Gasteiger charge is -2.23. The minimum Gasteiger partial charge on any atom is -0.376 e. The van der Waals surface area contributed by atoms with Gasteiger partial charge in [0.15, 0.2) is 0 Å². The number of aromatic nitrogens is 1. The fourth-order valence-corrected chi connectivity index (χ4v) is 2.44. The third-order valence-corrected chi connectivity index (χ3v) is 3.44. The van der Waals surface area contributed by atoms with Gasteiger partial charge in [0, 0.05) is 24.7 Å². The average Bonchev–Trinajstić information content (AvgIpc) is 2.46. The minimum atomic E-state index is 0.333. The van der Waals surface area contributed by atoms with E-state index in [-0.39, 0.29) is 0 Å². The van der Waals surface area contributed by atoms with Crippen LogP contribution in [0.5, 0.6) is 0 Å². The fourth-order valence-electron chi connectivity index (χ4n) is 2.44. The van der Waals surface area contributed by atoms with E-state index in [1.165, 1.54) is 23.6 Å². The van der Waals surface area contributed by atoms with Gasteiger partial charge in [0.25, 0.3) is 0 Å². The topological polar surface area (TPSA) is 34.1 Å². The van der Waals surface area contributed by atoms with E-state index in [9.17, 15) is 0 Å². The summed E-state index contributed by atoms with van der Waals surface area (Å²) in [5.74, 6) is 0.960. The van der Waals surface area contributed by atoms with Crippen LogP contribution in [0.25, 0.3) is 10.8 Å². The van der Waals surface area contributed by atoms with Crippen molar-refractivity contribution in [2.75, 3.05) is 18.5 Å². The van der Waals surface area contributed by atoms with Crippen LogP contribution < -0.4 is 5.32 Å². The summed E-state index contributed by atoms with van der Waals surface area (Å²) in [6.45, 7) is 1.75. The number of hydrogen-bond donors (Lipinski definition) is 1. The van der Waals surface area contributed by atoms with Crippen LogP contribution in [0.2, 0.25) is 0 Å². The first kappa shape index (κ1) is 11.5. The van der Waals surface area contributed by atoms with E-state index in [4.69, 9.17) is 4.74 Å². The summed E-state index contributed by atoms with van der Waals surface area (Å²) >= 11 is 0. The molecule has 3 heteroatoms. The molecule has 0 saturated carbocycles. The Bertz CT molecular complexity index is 515. The van der Waals surface area contributed by atoms with Crippen molar-refractivity contribution in [3.63, 3.8) is 0 Å². The van der Waals surface area contributed by atoms with Crippen LogP contribution in [-0.2, 0) is 4.74 Å². The second-order valence-corrected chi connectivity index (χ2v) is 4.75. The van der Waals surface area contributed by atoms with Gasteiger partial charge in [-0.2, -0.15) is 0 Å². The monoisotopic (exact) mass is 242 g/mol. The van der Waals surface area contributed by atoms with Crippen LogP contribution in [0.4, 0.5) is 5.82 Å². The highest BCUT2D eigenvalue weighted by atomic mass is 16.5. The van der Waals surface area contributed by atoms with Crippen molar-refractivity contribution in [1.29, 1.82) is 0 Å². The van der Waals surface area contributed by atoms with Gasteiger partial charge in [-0.3, -0.25) is 0 Å². The van der Waals surface area contributed by atoms with E-state index in [0.29, 0.717) is 6.10 Å². The summed E-state index contributed by atoms with van der Waals surface area (Å²) in [7, 11) is 0. The molecular weight excluding hydrogens is 224 g/mol. The predicted octanol–water partition coefficient (Wildman–Crippen LogP) is 3.22. The van der Waals surface area contributed by atoms with Gasteiger partial charge < -0.3 is 10.1 Å². The van der Waals surface area contributed by atoms with E-state index in [2.05, 4.69) is 28.5 Å². The Balaban J connectivity index is 1.74. The van der Waals surface area contributed by atoms with Crippen molar-refractivity contribution in [2.45, 2.75) is 25.4 Å². The molecule has 1 unspecified atom stereocenters. The molecule has 1 saturated heterocycles. The number of rotatable bonds is 3. The molecule has 2 heterocycles. The molecule has 1 aliphatic rings. The number of fused-ring (bicyclic) bond motifs is 1. The number of benzene rings is 1. The number of nitrogens with zero attached hydrogens (tertiary/aromatic N) is 1. The lowest BCUT2D eigenvalue weighted by molar-refractivity contribution is 0.0247. The summed E-state index contributed by atoms with van der Waals surface area (Å²) in [6.07, 6.45) is 5.81. The summed E-state index contributed by atoms with van der Waals surface area (Å²) < 4.78 is 5.72. The van der Waals surface area contributed by atoms with Crippen LogP contribution in [0.15, 0.2) is 36.5 Å². The Labute approximate surface area is 107 Å². The van der Waals surface area contributed by atoms with Crippen molar-refractivity contribution >= 4 is 16.6 Å². The smallest absolute Gasteiger partial charge is 0.133 e. The summed E-state index contributed by atoms with van der Waals surface area (Å²) in [5.41, 5.74) is 0. The van der Waals surface area contributed by atoms with Crippen molar-refractivity contribution in [3.8, 4) is 0 Å². The molecule has 3 rings (SSSR count). The van der Waals surface area contributed by atoms with E-state index < -0.39 is 0 Å². The molecule has 94 valence electrons. The van der Waals surface area contributed by atoms with E-state index in [1.807, 2.05) is 18.3 Å². The lowest BCUT2D eigenvalue weighted by atomic mass is 10.1. The Morgan fingerprint density at radius 1 is 1.22 bits per heavy atom. The van der Waals surface area contributed by atoms with Crippen molar-refractivity contribution < 1.29 is 4.74 Å². The van der Waals surface area contributed by atoms with Gasteiger partial charge >= 0.3 is 0 Å². The van der Waals surface area contributed by atoms with Gasteiger partial charge in [-0.25, -0.2) is 4.98 Å². The zero-order valence-corrected chi connectivity index (χ0v) is 10.4. The van der Waals surface area contributed by atoms with Gasteiger partial charge in [0.2, 0.25) is 0 Å². The molecule has 0 amide bonds. The minimum absolute atomic E-state index is 0.333. The lowest BCUT2D eigenvalue weighted by Crippen LogP contribution is -2.27. The molecule has 0 aliphatic carbocycles. The second kappa shape index (κ2) is 5.36. The van der Waals surface area contributed by atoms with Crippen molar-refractivity contribution in [3.05, 3.63) is 36.5 Å². The number of ether oxygens (including phenoxy) is 1. The van der Waals surface area contributed by atoms with Gasteiger partial charge in [-0.05, 0) is 30.7 Å². The third-order valence-electron chi connectivity index (χ3n) is 3.44. The van der Waals surface area contributed by atoms with Crippen molar-refractivity contribution in [2.24, 2.45) is 0 Å². The summed E-state index contributed by atoms with van der Waals surface area (Å²) in [5, 5.41) is 5.82. The molecule has 0 spiro atoms. The Morgan fingerprint density at radius 3 is 3.06 bits per heavy atom. The molecule has 1 atom stereocenters. The Morgan fingerprint density at radius 2 is 2.17 bits per heavy atom. The first-order chi connectivity index (χ1) is 8.93. The highest BCUT2D eigenvalue weighted by Crippen LogP contribution is 2.21. The molecular formula is C15H18N2O. The number of anilines is 1. The number of hydrogen-bond acceptors (Lipinski definition) is 3. The standard InChI is InChI=1S/C15H18N2O/c1-2-7-14-12(5-1)8-9-16-15(14)17-11-13-6-3-4-10-18-13/h1-2,5,7-9,13H,3-4,6,10-11H2,(H,16,17). The molecule has 0 bridgehead atoms. The van der Waals surface area contributed by atoms with Crippen LogP contribution in [0, 0.1) is 0 Å². The molecule has 1 N–H and O–H groups in total. The van der Waals surface area contributed by atoms with Crippen LogP contribution in [0.3, 0.4) is 0 Å². The molecule has 2 aromatic rings. The maximum Gasteiger partial charge on any atom is 0.133 e. The van der Waals surface area contributed by atoms with E-state index >= 15 is 0 Å². The van der Waals surface area contributed by atoms with Crippen LogP contribution in [-0.4, -0.2) is 24.2 Å². The zero-order valence-electron chi connectivity index (χ0n) is 10.4. The van der Waals surface area contributed by atoms with E-state index in [0.717, 1.165) is 25.4 Å². The van der Waals surface area contributed by atoms with Gasteiger partial charge in [-0.1, -0.05) is 24.3 Å². The molecule has 3 nitrogen and oxygen atoms in total. The SMILES string of the molecule is c1ccc2c(NCC3CCCCO3)nccc2c1.